The van der Waals surface area contributed by atoms with Crippen LogP contribution in [0, 0.1) is 5.82 Å². The molecule has 1 atom stereocenters. The van der Waals surface area contributed by atoms with E-state index < -0.39 is 19.3 Å². The van der Waals surface area contributed by atoms with Gasteiger partial charge in [-0.25, -0.2) is 4.39 Å². The van der Waals surface area contributed by atoms with E-state index in [-0.39, 0.29) is 18.8 Å². The summed E-state index contributed by atoms with van der Waals surface area (Å²) >= 11 is 0. The second kappa shape index (κ2) is 6.26. The Bertz CT molecular complexity index is 400. The zero-order chi connectivity index (χ0) is 12.9. The molecule has 1 aromatic rings. The van der Waals surface area contributed by atoms with Gasteiger partial charge < -0.3 is 14.2 Å². The highest BCUT2D eigenvalue weighted by Gasteiger charge is 2.36. The molecule has 0 aliphatic rings. The van der Waals surface area contributed by atoms with Crippen molar-refractivity contribution in [3.8, 4) is 0 Å². The van der Waals surface area contributed by atoms with Crippen molar-refractivity contribution < 1.29 is 23.1 Å². The van der Waals surface area contributed by atoms with Gasteiger partial charge in [0.25, 0.3) is 0 Å². The van der Waals surface area contributed by atoms with Crippen molar-refractivity contribution in [2.24, 2.45) is 0 Å². The molecular weight excluding hydrogens is 246 g/mol. The van der Waals surface area contributed by atoms with Crippen LogP contribution >= 0.6 is 7.60 Å². The molecule has 0 amide bonds. The van der Waals surface area contributed by atoms with Crippen LogP contribution in [-0.2, 0) is 13.6 Å². The van der Waals surface area contributed by atoms with Crippen LogP contribution in [0.1, 0.15) is 25.3 Å². The third-order valence-electron chi connectivity index (χ3n) is 2.10. The minimum Gasteiger partial charge on any atom is -0.376 e. The van der Waals surface area contributed by atoms with Gasteiger partial charge >= 0.3 is 7.60 Å². The minimum atomic E-state index is -3.74. The molecule has 0 saturated heterocycles. The number of aliphatic hydroxyl groups is 1. The van der Waals surface area contributed by atoms with Gasteiger partial charge in [-0.2, -0.15) is 0 Å². The average Bonchev–Trinajstić information content (AvgIpc) is 2.29. The van der Waals surface area contributed by atoms with Crippen molar-refractivity contribution >= 4 is 7.60 Å². The molecule has 0 aromatic heterocycles. The quantitative estimate of drug-likeness (QED) is 0.800. The van der Waals surface area contributed by atoms with Crippen LogP contribution in [0.3, 0.4) is 0 Å². The lowest BCUT2D eigenvalue weighted by atomic mass is 10.2. The summed E-state index contributed by atoms with van der Waals surface area (Å²) in [7, 11) is -3.74. The lowest BCUT2D eigenvalue weighted by Gasteiger charge is -2.22. The first kappa shape index (κ1) is 14.3. The van der Waals surface area contributed by atoms with E-state index in [0.29, 0.717) is 0 Å². The molecule has 17 heavy (non-hydrogen) atoms. The third-order valence-corrected chi connectivity index (χ3v) is 4.21. The summed E-state index contributed by atoms with van der Waals surface area (Å²) in [4.78, 5) is 0. The molecule has 0 aliphatic carbocycles. The van der Waals surface area contributed by atoms with E-state index in [1.54, 1.807) is 19.9 Å². The Morgan fingerprint density at radius 3 is 2.29 bits per heavy atom. The SMILES string of the molecule is CCOP(=O)(OCC)[C@@H](O)c1ccccc1F. The van der Waals surface area contributed by atoms with E-state index in [2.05, 4.69) is 0 Å². The Morgan fingerprint density at radius 1 is 1.29 bits per heavy atom. The Kier molecular flexibility index (Phi) is 5.28. The lowest BCUT2D eigenvalue weighted by Crippen LogP contribution is -2.07. The zero-order valence-corrected chi connectivity index (χ0v) is 10.7. The maximum Gasteiger partial charge on any atom is 0.363 e. The summed E-state index contributed by atoms with van der Waals surface area (Å²) in [6.07, 6.45) is 0. The number of hydrogen-bond donors (Lipinski definition) is 1. The molecule has 96 valence electrons. The van der Waals surface area contributed by atoms with Gasteiger partial charge in [0.15, 0.2) is 5.85 Å². The summed E-state index contributed by atoms with van der Waals surface area (Å²) in [5.41, 5.74) is -0.0854. The summed E-state index contributed by atoms with van der Waals surface area (Å²) < 4.78 is 35.6. The highest BCUT2D eigenvalue weighted by atomic mass is 31.2. The Labute approximate surface area is 99.9 Å². The zero-order valence-electron chi connectivity index (χ0n) is 9.80. The van der Waals surface area contributed by atoms with E-state index in [1.807, 2.05) is 0 Å². The first-order valence-corrected chi connectivity index (χ1v) is 6.97. The maximum absolute atomic E-state index is 13.5. The van der Waals surface area contributed by atoms with Crippen molar-refractivity contribution in [1.82, 2.24) is 0 Å². The topological polar surface area (TPSA) is 55.8 Å². The third kappa shape index (κ3) is 3.36. The number of hydrogen-bond acceptors (Lipinski definition) is 4. The Balaban J connectivity index is 3.04. The average molecular weight is 262 g/mol. The molecule has 0 radical (unpaired) electrons. The molecule has 0 saturated carbocycles. The molecule has 0 spiro atoms. The van der Waals surface area contributed by atoms with Gasteiger partial charge in [-0.05, 0) is 19.9 Å². The summed E-state index contributed by atoms with van der Waals surface area (Å²) in [5.74, 6) is -2.25. The van der Waals surface area contributed by atoms with Crippen LogP contribution < -0.4 is 0 Å². The van der Waals surface area contributed by atoms with E-state index in [4.69, 9.17) is 9.05 Å². The van der Waals surface area contributed by atoms with E-state index >= 15 is 0 Å². The predicted octanol–water partition coefficient (Wildman–Crippen LogP) is 3.08. The molecule has 0 aliphatic heterocycles. The number of aliphatic hydroxyl groups excluding tert-OH is 1. The molecular formula is C11H16FO4P. The Morgan fingerprint density at radius 2 is 1.82 bits per heavy atom. The van der Waals surface area contributed by atoms with Crippen molar-refractivity contribution in [2.45, 2.75) is 19.7 Å². The van der Waals surface area contributed by atoms with Gasteiger partial charge in [0.2, 0.25) is 0 Å². The number of halogens is 1. The largest absolute Gasteiger partial charge is 0.376 e. The van der Waals surface area contributed by atoms with Gasteiger partial charge in [-0.15, -0.1) is 0 Å². The number of rotatable bonds is 6. The molecule has 0 unspecified atom stereocenters. The molecule has 0 heterocycles. The second-order valence-corrected chi connectivity index (χ2v) is 5.36. The fraction of sp³-hybridized carbons (Fsp3) is 0.455. The minimum absolute atomic E-state index is 0.0854. The van der Waals surface area contributed by atoms with Gasteiger partial charge in [0.05, 0.1) is 13.2 Å². The highest BCUT2D eigenvalue weighted by Crippen LogP contribution is 2.59. The van der Waals surface area contributed by atoms with Gasteiger partial charge in [0.1, 0.15) is 5.82 Å². The van der Waals surface area contributed by atoms with Crippen molar-refractivity contribution in [2.75, 3.05) is 13.2 Å². The molecule has 4 nitrogen and oxygen atoms in total. The van der Waals surface area contributed by atoms with E-state index in [1.165, 1.54) is 18.2 Å². The molecule has 0 fully saturated rings. The van der Waals surface area contributed by atoms with Gasteiger partial charge in [-0.1, -0.05) is 18.2 Å². The molecule has 1 rings (SSSR count). The van der Waals surface area contributed by atoms with Crippen LogP contribution in [-0.4, -0.2) is 18.3 Å². The molecule has 0 bridgehead atoms. The predicted molar refractivity (Wildman–Crippen MR) is 62.2 cm³/mol. The van der Waals surface area contributed by atoms with E-state index in [9.17, 15) is 14.1 Å². The summed E-state index contributed by atoms with van der Waals surface area (Å²) in [6, 6.07) is 5.56. The van der Waals surface area contributed by atoms with Crippen LogP contribution in [0.4, 0.5) is 4.39 Å². The number of benzene rings is 1. The highest BCUT2D eigenvalue weighted by molar-refractivity contribution is 7.54. The van der Waals surface area contributed by atoms with Gasteiger partial charge in [-0.3, -0.25) is 4.57 Å². The molecule has 6 heteroatoms. The monoisotopic (exact) mass is 262 g/mol. The summed E-state index contributed by atoms with van der Waals surface area (Å²) in [6.45, 7) is 3.48. The van der Waals surface area contributed by atoms with Crippen LogP contribution in [0.25, 0.3) is 0 Å². The van der Waals surface area contributed by atoms with Gasteiger partial charge in [0, 0.05) is 5.56 Å². The smallest absolute Gasteiger partial charge is 0.363 e. The van der Waals surface area contributed by atoms with Crippen molar-refractivity contribution in [3.05, 3.63) is 35.6 Å². The standard InChI is InChI=1S/C11H16FO4P/c1-3-15-17(14,16-4-2)11(13)9-7-5-6-8-10(9)12/h5-8,11,13H,3-4H2,1-2H3/t11-/m1/s1. The fourth-order valence-electron chi connectivity index (χ4n) is 1.39. The maximum atomic E-state index is 13.5. The van der Waals surface area contributed by atoms with Crippen LogP contribution in [0.15, 0.2) is 24.3 Å². The second-order valence-electron chi connectivity index (χ2n) is 3.27. The molecule has 1 aromatic carbocycles. The first-order chi connectivity index (χ1) is 8.05. The summed E-state index contributed by atoms with van der Waals surface area (Å²) in [5, 5.41) is 9.93. The fourth-order valence-corrected chi connectivity index (χ4v) is 3.02. The van der Waals surface area contributed by atoms with Crippen LogP contribution in [0.5, 0.6) is 0 Å². The Hall–Kier alpha value is -0.740. The van der Waals surface area contributed by atoms with Crippen molar-refractivity contribution in [3.63, 3.8) is 0 Å². The lowest BCUT2D eigenvalue weighted by molar-refractivity contribution is 0.148. The normalized spacial score (nSPS) is 13.6. The van der Waals surface area contributed by atoms with Crippen molar-refractivity contribution in [1.29, 1.82) is 0 Å². The first-order valence-electron chi connectivity index (χ1n) is 5.36. The van der Waals surface area contributed by atoms with Crippen LogP contribution in [0.2, 0.25) is 0 Å². The van der Waals surface area contributed by atoms with E-state index in [0.717, 1.165) is 0 Å². The molecule has 1 N–H and O–H groups in total.